The van der Waals surface area contributed by atoms with Crippen molar-refractivity contribution < 1.29 is 15.3 Å². The Morgan fingerprint density at radius 3 is 1.89 bits per heavy atom. The number of unbranched alkanes of at least 4 members (excludes halogenated alkanes) is 7. The van der Waals surface area contributed by atoms with Gasteiger partial charge in [0.05, 0.1) is 18.8 Å². The van der Waals surface area contributed by atoms with Crippen molar-refractivity contribution in [1.29, 1.82) is 0 Å². The van der Waals surface area contributed by atoms with Gasteiger partial charge in [-0.3, -0.25) is 0 Å². The molecule has 0 aliphatic rings. The van der Waals surface area contributed by atoms with Gasteiger partial charge in [-0.15, -0.1) is 0 Å². The second kappa shape index (κ2) is 14.3. The van der Waals surface area contributed by atoms with E-state index < -0.39 is 6.10 Å². The molecule has 4 heteroatoms. The summed E-state index contributed by atoms with van der Waals surface area (Å²) in [6.45, 7) is 2.83. The molecule has 0 aliphatic carbocycles. The summed E-state index contributed by atoms with van der Waals surface area (Å²) in [6.07, 6.45) is 9.95. The Bertz CT molecular complexity index is 179. The van der Waals surface area contributed by atoms with Gasteiger partial charge in [0.25, 0.3) is 0 Å². The highest BCUT2D eigenvalue weighted by atomic mass is 16.3. The van der Waals surface area contributed by atoms with Crippen LogP contribution in [-0.4, -0.2) is 47.2 Å². The summed E-state index contributed by atoms with van der Waals surface area (Å²) in [6, 6.07) is 0. The lowest BCUT2D eigenvalue weighted by atomic mass is 10.1. The maximum atomic E-state index is 9.70. The zero-order chi connectivity index (χ0) is 14.3. The average Bonchev–Trinajstić information content (AvgIpc) is 2.41. The van der Waals surface area contributed by atoms with Gasteiger partial charge in [0, 0.05) is 13.1 Å². The molecule has 0 radical (unpaired) electrons. The van der Waals surface area contributed by atoms with E-state index in [4.69, 9.17) is 10.2 Å². The average molecular weight is 275 g/mol. The third-order valence-corrected chi connectivity index (χ3v) is 3.36. The van der Waals surface area contributed by atoms with Crippen LogP contribution >= 0.6 is 0 Å². The minimum Gasteiger partial charge on any atom is -0.394 e. The second-order valence-corrected chi connectivity index (χ2v) is 5.41. The number of aliphatic hydroxyl groups is 3. The van der Waals surface area contributed by atoms with Crippen molar-refractivity contribution >= 4 is 0 Å². The van der Waals surface area contributed by atoms with Crippen LogP contribution in [0.2, 0.25) is 0 Å². The minimum atomic E-state index is -0.727. The molecule has 0 aliphatic heterocycles. The highest BCUT2D eigenvalue weighted by molar-refractivity contribution is 4.63. The van der Waals surface area contributed by atoms with E-state index in [9.17, 15) is 5.11 Å². The van der Waals surface area contributed by atoms with Crippen molar-refractivity contribution in [2.24, 2.45) is 0 Å². The molecule has 0 bridgehead atoms. The molecule has 0 aromatic heterocycles. The van der Waals surface area contributed by atoms with E-state index in [2.05, 4.69) is 12.2 Å². The van der Waals surface area contributed by atoms with Gasteiger partial charge in [-0.05, 0) is 6.42 Å². The van der Waals surface area contributed by atoms with Gasteiger partial charge in [-0.2, -0.15) is 0 Å². The molecule has 0 heterocycles. The summed E-state index contributed by atoms with van der Waals surface area (Å²) in [5.74, 6) is 0. The molecule has 0 amide bonds. The Balaban J connectivity index is 3.18. The summed E-state index contributed by atoms with van der Waals surface area (Å²) in [4.78, 5) is 0. The van der Waals surface area contributed by atoms with Crippen LogP contribution in [0.4, 0.5) is 0 Å². The molecule has 0 aromatic carbocycles. The van der Waals surface area contributed by atoms with Crippen molar-refractivity contribution in [3.63, 3.8) is 0 Å². The van der Waals surface area contributed by atoms with Crippen LogP contribution in [0.3, 0.4) is 0 Å². The van der Waals surface area contributed by atoms with E-state index >= 15 is 0 Å². The predicted molar refractivity (Wildman–Crippen MR) is 79.2 cm³/mol. The van der Waals surface area contributed by atoms with Crippen LogP contribution in [0.1, 0.15) is 64.7 Å². The number of hydrogen-bond acceptors (Lipinski definition) is 4. The van der Waals surface area contributed by atoms with Crippen LogP contribution in [0, 0.1) is 0 Å². The first kappa shape index (κ1) is 18.8. The number of rotatable bonds is 14. The second-order valence-electron chi connectivity index (χ2n) is 5.41. The molecular weight excluding hydrogens is 242 g/mol. The van der Waals surface area contributed by atoms with Gasteiger partial charge in [0.2, 0.25) is 0 Å². The lowest BCUT2D eigenvalue weighted by molar-refractivity contribution is 0.0880. The summed E-state index contributed by atoms with van der Waals surface area (Å²) in [5, 5.41) is 30.4. The van der Waals surface area contributed by atoms with Crippen molar-refractivity contribution in [1.82, 2.24) is 5.32 Å². The zero-order valence-corrected chi connectivity index (χ0v) is 12.5. The SMILES string of the molecule is CCCCCCCCCCC(O)CNCC(O)CO. The summed E-state index contributed by atoms with van der Waals surface area (Å²) < 4.78 is 0. The molecule has 2 atom stereocenters. The monoisotopic (exact) mass is 275 g/mol. The quantitative estimate of drug-likeness (QED) is 0.365. The molecule has 0 fully saturated rings. The summed E-state index contributed by atoms with van der Waals surface area (Å²) in [7, 11) is 0. The maximum absolute atomic E-state index is 9.70. The smallest absolute Gasteiger partial charge is 0.0894 e. The molecule has 116 valence electrons. The van der Waals surface area contributed by atoms with E-state index in [1.54, 1.807) is 0 Å². The van der Waals surface area contributed by atoms with Gasteiger partial charge in [-0.1, -0.05) is 58.3 Å². The van der Waals surface area contributed by atoms with Gasteiger partial charge >= 0.3 is 0 Å². The van der Waals surface area contributed by atoms with Crippen LogP contribution in [0.25, 0.3) is 0 Å². The first-order valence-corrected chi connectivity index (χ1v) is 7.88. The minimum absolute atomic E-state index is 0.235. The number of hydrogen-bond donors (Lipinski definition) is 4. The fourth-order valence-corrected chi connectivity index (χ4v) is 2.10. The van der Waals surface area contributed by atoms with E-state index in [-0.39, 0.29) is 12.7 Å². The van der Waals surface area contributed by atoms with Crippen molar-refractivity contribution in [2.45, 2.75) is 76.9 Å². The standard InChI is InChI=1S/C15H33NO3/c1-2-3-4-5-6-7-8-9-10-14(18)11-16-12-15(19)13-17/h14-19H,2-13H2,1H3. The van der Waals surface area contributed by atoms with Gasteiger partial charge < -0.3 is 20.6 Å². The molecule has 0 aromatic rings. The molecular formula is C15H33NO3. The van der Waals surface area contributed by atoms with Crippen LogP contribution < -0.4 is 5.32 Å². The molecule has 4 nitrogen and oxygen atoms in total. The molecule has 19 heavy (non-hydrogen) atoms. The first-order chi connectivity index (χ1) is 9.20. The zero-order valence-electron chi connectivity index (χ0n) is 12.5. The Kier molecular flexibility index (Phi) is 14.1. The van der Waals surface area contributed by atoms with Gasteiger partial charge in [-0.25, -0.2) is 0 Å². The third kappa shape index (κ3) is 14.1. The molecule has 0 spiro atoms. The third-order valence-electron chi connectivity index (χ3n) is 3.36. The number of aliphatic hydroxyl groups excluding tert-OH is 3. The molecule has 0 saturated carbocycles. The van der Waals surface area contributed by atoms with Crippen molar-refractivity contribution in [3.8, 4) is 0 Å². The van der Waals surface area contributed by atoms with Gasteiger partial charge in [0.1, 0.15) is 0 Å². The Morgan fingerprint density at radius 1 is 0.789 bits per heavy atom. The van der Waals surface area contributed by atoms with Crippen LogP contribution in [-0.2, 0) is 0 Å². The first-order valence-electron chi connectivity index (χ1n) is 7.88. The van der Waals surface area contributed by atoms with Crippen molar-refractivity contribution in [3.05, 3.63) is 0 Å². The lowest BCUT2D eigenvalue weighted by Crippen LogP contribution is -2.34. The van der Waals surface area contributed by atoms with E-state index in [1.165, 1.54) is 44.9 Å². The van der Waals surface area contributed by atoms with Crippen LogP contribution in [0.5, 0.6) is 0 Å². The number of nitrogens with one attached hydrogen (secondary N) is 1. The fraction of sp³-hybridized carbons (Fsp3) is 1.00. The molecule has 0 saturated heterocycles. The van der Waals surface area contributed by atoms with E-state index in [0.717, 1.165) is 12.8 Å². The van der Waals surface area contributed by atoms with Gasteiger partial charge in [0.15, 0.2) is 0 Å². The maximum Gasteiger partial charge on any atom is 0.0894 e. The topological polar surface area (TPSA) is 72.7 Å². The molecule has 2 unspecified atom stereocenters. The summed E-state index contributed by atoms with van der Waals surface area (Å²) in [5.41, 5.74) is 0. The van der Waals surface area contributed by atoms with E-state index in [0.29, 0.717) is 13.1 Å². The molecule has 0 rings (SSSR count). The fourth-order valence-electron chi connectivity index (χ4n) is 2.10. The lowest BCUT2D eigenvalue weighted by Gasteiger charge is -2.13. The normalized spacial score (nSPS) is 14.5. The summed E-state index contributed by atoms with van der Waals surface area (Å²) >= 11 is 0. The highest BCUT2D eigenvalue weighted by Crippen LogP contribution is 2.10. The van der Waals surface area contributed by atoms with Crippen molar-refractivity contribution in [2.75, 3.05) is 19.7 Å². The predicted octanol–water partition coefficient (Wildman–Crippen LogP) is 1.82. The largest absolute Gasteiger partial charge is 0.394 e. The molecule has 4 N–H and O–H groups in total. The van der Waals surface area contributed by atoms with Crippen LogP contribution in [0.15, 0.2) is 0 Å². The Hall–Kier alpha value is -0.160. The Morgan fingerprint density at radius 2 is 1.32 bits per heavy atom. The van der Waals surface area contributed by atoms with E-state index in [1.807, 2.05) is 0 Å². The Labute approximate surface area is 118 Å². The highest BCUT2D eigenvalue weighted by Gasteiger charge is 2.05.